The maximum absolute atomic E-state index is 11.9. The Morgan fingerprint density at radius 1 is 1.11 bits per heavy atom. The van der Waals surface area contributed by atoms with Crippen LogP contribution in [0, 0.1) is 17.8 Å². The second-order valence-corrected chi connectivity index (χ2v) is 5.61. The highest BCUT2D eigenvalue weighted by Crippen LogP contribution is 2.54. The Kier molecular flexibility index (Phi) is 4.07. The summed E-state index contributed by atoms with van der Waals surface area (Å²) in [7, 11) is 0. The number of nitrogens with one attached hydrogen (secondary N) is 1. The normalized spacial score (nSPS) is 29.4. The molecule has 2 fully saturated rings. The van der Waals surface area contributed by atoms with Gasteiger partial charge in [-0.25, -0.2) is 4.79 Å². The zero-order valence-corrected chi connectivity index (χ0v) is 10.7. The molecule has 1 amide bonds. The zero-order valence-electron chi connectivity index (χ0n) is 10.7. The van der Waals surface area contributed by atoms with Gasteiger partial charge in [-0.3, -0.25) is 9.59 Å². The van der Waals surface area contributed by atoms with Crippen molar-refractivity contribution in [3.63, 3.8) is 0 Å². The van der Waals surface area contributed by atoms with Crippen molar-refractivity contribution >= 4 is 17.8 Å². The molecule has 0 aromatic rings. The highest BCUT2D eigenvalue weighted by atomic mass is 16.4. The number of carboxylic acid groups (broad SMARTS) is 2. The van der Waals surface area contributed by atoms with E-state index in [1.54, 1.807) is 0 Å². The van der Waals surface area contributed by atoms with E-state index in [4.69, 9.17) is 10.2 Å². The minimum atomic E-state index is -1.10. The SMILES string of the molecule is O=C(O)CCC[C@@H](NC(=O)C1CC2CC2C1)C(=O)O. The average molecular weight is 269 g/mol. The first-order chi connectivity index (χ1) is 8.97. The summed E-state index contributed by atoms with van der Waals surface area (Å²) in [6.45, 7) is 0. The summed E-state index contributed by atoms with van der Waals surface area (Å²) < 4.78 is 0. The molecule has 3 N–H and O–H groups in total. The summed E-state index contributed by atoms with van der Waals surface area (Å²) in [6, 6.07) is -0.969. The van der Waals surface area contributed by atoms with Crippen molar-refractivity contribution < 1.29 is 24.6 Å². The second-order valence-electron chi connectivity index (χ2n) is 5.61. The Morgan fingerprint density at radius 3 is 2.26 bits per heavy atom. The maximum atomic E-state index is 11.9. The van der Waals surface area contributed by atoms with Gasteiger partial charge >= 0.3 is 11.9 Å². The summed E-state index contributed by atoms with van der Waals surface area (Å²) in [4.78, 5) is 33.4. The molecular formula is C13H19NO5. The van der Waals surface area contributed by atoms with E-state index in [1.165, 1.54) is 6.42 Å². The second kappa shape index (κ2) is 5.59. The first-order valence-corrected chi connectivity index (χ1v) is 6.72. The van der Waals surface area contributed by atoms with Gasteiger partial charge in [0.1, 0.15) is 6.04 Å². The van der Waals surface area contributed by atoms with E-state index in [-0.39, 0.29) is 31.1 Å². The van der Waals surface area contributed by atoms with Crippen molar-refractivity contribution in [3.8, 4) is 0 Å². The van der Waals surface area contributed by atoms with Crippen LogP contribution < -0.4 is 5.32 Å². The van der Waals surface area contributed by atoms with Gasteiger partial charge in [0.05, 0.1) is 0 Å². The molecule has 2 saturated carbocycles. The first-order valence-electron chi connectivity index (χ1n) is 6.72. The van der Waals surface area contributed by atoms with E-state index >= 15 is 0 Å². The molecule has 0 aliphatic heterocycles. The number of hydrogen-bond acceptors (Lipinski definition) is 3. The molecule has 3 atom stereocenters. The highest BCUT2D eigenvalue weighted by Gasteiger charge is 2.48. The van der Waals surface area contributed by atoms with E-state index in [1.807, 2.05) is 0 Å². The zero-order chi connectivity index (χ0) is 14.0. The third kappa shape index (κ3) is 3.68. The van der Waals surface area contributed by atoms with Gasteiger partial charge in [0, 0.05) is 12.3 Å². The van der Waals surface area contributed by atoms with Crippen LogP contribution in [0.4, 0.5) is 0 Å². The molecule has 6 nitrogen and oxygen atoms in total. The Balaban J connectivity index is 1.77. The van der Waals surface area contributed by atoms with Gasteiger partial charge in [0.25, 0.3) is 0 Å². The molecule has 106 valence electrons. The van der Waals surface area contributed by atoms with Crippen LogP contribution in [0.2, 0.25) is 0 Å². The number of amides is 1. The van der Waals surface area contributed by atoms with Crippen molar-refractivity contribution in [1.82, 2.24) is 5.32 Å². The summed E-state index contributed by atoms with van der Waals surface area (Å²) in [5.74, 6) is -0.940. The largest absolute Gasteiger partial charge is 0.481 e. The number of hydrogen-bond donors (Lipinski definition) is 3. The van der Waals surface area contributed by atoms with Gasteiger partial charge < -0.3 is 15.5 Å². The number of rotatable bonds is 7. The van der Waals surface area contributed by atoms with Crippen LogP contribution in [-0.4, -0.2) is 34.1 Å². The molecule has 19 heavy (non-hydrogen) atoms. The Labute approximate surface area is 111 Å². The Bertz CT molecular complexity index is 384. The maximum Gasteiger partial charge on any atom is 0.326 e. The number of aliphatic carboxylic acids is 2. The molecule has 2 unspecified atom stereocenters. The van der Waals surface area contributed by atoms with Crippen LogP contribution >= 0.6 is 0 Å². The molecule has 2 aliphatic rings. The van der Waals surface area contributed by atoms with Crippen LogP contribution in [0.15, 0.2) is 0 Å². The lowest BCUT2D eigenvalue weighted by molar-refractivity contribution is -0.143. The van der Waals surface area contributed by atoms with Crippen molar-refractivity contribution in [2.24, 2.45) is 17.8 Å². The van der Waals surface area contributed by atoms with Gasteiger partial charge in [-0.1, -0.05) is 0 Å². The van der Waals surface area contributed by atoms with Crippen LogP contribution in [-0.2, 0) is 14.4 Å². The molecule has 0 bridgehead atoms. The van der Waals surface area contributed by atoms with Gasteiger partial charge in [0.2, 0.25) is 5.91 Å². The molecular weight excluding hydrogens is 250 g/mol. The van der Waals surface area contributed by atoms with E-state index in [9.17, 15) is 14.4 Å². The van der Waals surface area contributed by atoms with Crippen molar-refractivity contribution in [3.05, 3.63) is 0 Å². The number of carbonyl (C=O) groups excluding carboxylic acids is 1. The lowest BCUT2D eigenvalue weighted by Crippen LogP contribution is -2.43. The molecule has 0 aromatic carbocycles. The summed E-state index contributed by atoms with van der Waals surface area (Å²) in [6.07, 6.45) is 3.29. The van der Waals surface area contributed by atoms with Crippen LogP contribution in [0.1, 0.15) is 38.5 Å². The lowest BCUT2D eigenvalue weighted by atomic mass is 10.0. The van der Waals surface area contributed by atoms with Crippen LogP contribution in [0.25, 0.3) is 0 Å². The minimum absolute atomic E-state index is 0.0509. The molecule has 0 radical (unpaired) electrons. The van der Waals surface area contributed by atoms with E-state index in [2.05, 4.69) is 5.32 Å². The minimum Gasteiger partial charge on any atom is -0.481 e. The quantitative estimate of drug-likeness (QED) is 0.636. The fourth-order valence-electron chi connectivity index (χ4n) is 2.93. The lowest BCUT2D eigenvalue weighted by Gasteiger charge is -2.17. The highest BCUT2D eigenvalue weighted by molar-refractivity contribution is 5.85. The molecule has 2 aliphatic carbocycles. The standard InChI is InChI=1S/C13H19NO5/c15-11(16)3-1-2-10(13(18)19)14-12(17)9-5-7-4-8(7)6-9/h7-10H,1-6H2,(H,14,17)(H,15,16)(H,18,19)/t7?,8?,9?,10-/m1/s1. The van der Waals surface area contributed by atoms with Gasteiger partial charge in [-0.05, 0) is 43.9 Å². The monoisotopic (exact) mass is 269 g/mol. The molecule has 0 spiro atoms. The van der Waals surface area contributed by atoms with E-state index < -0.39 is 18.0 Å². The number of carboxylic acids is 2. The summed E-state index contributed by atoms with van der Waals surface area (Å²) >= 11 is 0. The predicted octanol–water partition coefficient (Wildman–Crippen LogP) is 0.857. The number of carbonyl (C=O) groups is 3. The molecule has 0 saturated heterocycles. The third-order valence-electron chi connectivity index (χ3n) is 4.11. The Morgan fingerprint density at radius 2 is 1.74 bits per heavy atom. The smallest absolute Gasteiger partial charge is 0.326 e. The Hall–Kier alpha value is -1.59. The van der Waals surface area contributed by atoms with Crippen molar-refractivity contribution in [2.45, 2.75) is 44.6 Å². The average Bonchev–Trinajstić information content (AvgIpc) is 2.94. The fourth-order valence-corrected chi connectivity index (χ4v) is 2.93. The number of fused-ring (bicyclic) bond motifs is 1. The topological polar surface area (TPSA) is 104 Å². The molecule has 2 rings (SSSR count). The van der Waals surface area contributed by atoms with Crippen molar-refractivity contribution in [1.29, 1.82) is 0 Å². The van der Waals surface area contributed by atoms with E-state index in [0.29, 0.717) is 11.8 Å². The van der Waals surface area contributed by atoms with Gasteiger partial charge in [0.15, 0.2) is 0 Å². The van der Waals surface area contributed by atoms with Crippen LogP contribution in [0.3, 0.4) is 0 Å². The molecule has 6 heteroatoms. The van der Waals surface area contributed by atoms with E-state index in [0.717, 1.165) is 12.8 Å². The van der Waals surface area contributed by atoms with Crippen LogP contribution in [0.5, 0.6) is 0 Å². The molecule has 0 aromatic heterocycles. The van der Waals surface area contributed by atoms with Crippen molar-refractivity contribution in [2.75, 3.05) is 0 Å². The fraction of sp³-hybridized carbons (Fsp3) is 0.769. The van der Waals surface area contributed by atoms with Gasteiger partial charge in [-0.15, -0.1) is 0 Å². The van der Waals surface area contributed by atoms with Gasteiger partial charge in [-0.2, -0.15) is 0 Å². The molecule has 0 heterocycles. The first kappa shape index (κ1) is 13.8. The predicted molar refractivity (Wildman–Crippen MR) is 65.4 cm³/mol. The summed E-state index contributed by atoms with van der Waals surface area (Å²) in [5, 5.41) is 20.1. The third-order valence-corrected chi connectivity index (χ3v) is 4.11. The summed E-state index contributed by atoms with van der Waals surface area (Å²) in [5.41, 5.74) is 0.